The van der Waals surface area contributed by atoms with Crippen molar-refractivity contribution in [2.45, 2.75) is 13.3 Å². The number of aliphatic hydroxyl groups excluding tert-OH is 1. The molecule has 0 saturated carbocycles. The Morgan fingerprint density at radius 2 is 1.83 bits per heavy atom. The van der Waals surface area contributed by atoms with Gasteiger partial charge in [-0.3, -0.25) is 0 Å². The maximum absolute atomic E-state index is 8.87. The molecule has 100 valence electrons. The van der Waals surface area contributed by atoms with Gasteiger partial charge in [0.1, 0.15) is 13.2 Å². The van der Waals surface area contributed by atoms with Crippen LogP contribution in [0.25, 0.3) is 0 Å². The summed E-state index contributed by atoms with van der Waals surface area (Å²) >= 11 is 0. The molecular weight excluding hydrogens is 230 g/mol. The van der Waals surface area contributed by atoms with Crippen LogP contribution in [0.1, 0.15) is 11.1 Å². The lowest BCUT2D eigenvalue weighted by Gasteiger charge is -2.21. The van der Waals surface area contributed by atoms with Crippen LogP contribution in [0.4, 0.5) is 0 Å². The molecule has 0 atom stereocenters. The fourth-order valence-corrected chi connectivity index (χ4v) is 2.10. The zero-order chi connectivity index (χ0) is 13.0. The van der Waals surface area contributed by atoms with Gasteiger partial charge >= 0.3 is 0 Å². The van der Waals surface area contributed by atoms with Gasteiger partial charge in [-0.15, -0.1) is 0 Å². The van der Waals surface area contributed by atoms with Gasteiger partial charge in [0.15, 0.2) is 11.5 Å². The minimum atomic E-state index is 0.205. The molecule has 18 heavy (non-hydrogen) atoms. The van der Waals surface area contributed by atoms with Gasteiger partial charge in [0, 0.05) is 13.1 Å². The van der Waals surface area contributed by atoms with Crippen molar-refractivity contribution < 1.29 is 14.6 Å². The normalized spacial score (nSPS) is 14.0. The van der Waals surface area contributed by atoms with E-state index >= 15 is 0 Å². The van der Waals surface area contributed by atoms with Crippen molar-refractivity contribution in [1.82, 2.24) is 4.90 Å². The second-order valence-electron chi connectivity index (χ2n) is 4.70. The van der Waals surface area contributed by atoms with Gasteiger partial charge in [0.2, 0.25) is 0 Å². The van der Waals surface area contributed by atoms with Gasteiger partial charge in [-0.2, -0.15) is 0 Å². The molecule has 1 aliphatic heterocycles. The number of likely N-dealkylation sites (N-methyl/N-ethyl adjacent to an activating group) is 1. The average molecular weight is 251 g/mol. The van der Waals surface area contributed by atoms with Crippen LogP contribution in [0.3, 0.4) is 0 Å². The van der Waals surface area contributed by atoms with Crippen molar-refractivity contribution in [3.8, 4) is 11.5 Å². The maximum atomic E-state index is 8.87. The number of benzene rings is 1. The lowest BCUT2D eigenvalue weighted by Crippen LogP contribution is -2.24. The van der Waals surface area contributed by atoms with E-state index in [0.29, 0.717) is 19.8 Å². The first-order valence-corrected chi connectivity index (χ1v) is 6.39. The van der Waals surface area contributed by atoms with E-state index in [-0.39, 0.29) is 6.61 Å². The maximum Gasteiger partial charge on any atom is 0.161 e. The van der Waals surface area contributed by atoms with Crippen molar-refractivity contribution in [3.63, 3.8) is 0 Å². The van der Waals surface area contributed by atoms with Gasteiger partial charge in [-0.05, 0) is 43.7 Å². The topological polar surface area (TPSA) is 41.9 Å². The van der Waals surface area contributed by atoms with Gasteiger partial charge in [0.25, 0.3) is 0 Å². The molecule has 0 amide bonds. The lowest BCUT2D eigenvalue weighted by molar-refractivity contribution is 0.171. The minimum absolute atomic E-state index is 0.205. The second-order valence-corrected chi connectivity index (χ2v) is 4.70. The Morgan fingerprint density at radius 1 is 1.17 bits per heavy atom. The third-order valence-corrected chi connectivity index (χ3v) is 3.25. The minimum Gasteiger partial charge on any atom is -0.486 e. The number of fused-ring (bicyclic) bond motifs is 1. The molecule has 1 aromatic rings. The van der Waals surface area contributed by atoms with Crippen molar-refractivity contribution in [1.29, 1.82) is 0 Å². The predicted octanol–water partition coefficient (Wildman–Crippen LogP) is 1.23. The van der Waals surface area contributed by atoms with E-state index < -0.39 is 0 Å². The van der Waals surface area contributed by atoms with Crippen LogP contribution in [0.15, 0.2) is 12.1 Å². The average Bonchev–Trinajstić information content (AvgIpc) is 2.36. The Hall–Kier alpha value is -1.26. The third-order valence-electron chi connectivity index (χ3n) is 3.25. The highest BCUT2D eigenvalue weighted by Crippen LogP contribution is 2.33. The number of hydrogen-bond acceptors (Lipinski definition) is 4. The molecule has 0 bridgehead atoms. The summed E-state index contributed by atoms with van der Waals surface area (Å²) in [5, 5.41) is 8.87. The number of aliphatic hydroxyl groups is 1. The highest BCUT2D eigenvalue weighted by molar-refractivity contribution is 5.47. The van der Waals surface area contributed by atoms with E-state index in [1.165, 1.54) is 11.1 Å². The third kappa shape index (κ3) is 3.15. The second kappa shape index (κ2) is 6.07. The van der Waals surface area contributed by atoms with Gasteiger partial charge in [-0.25, -0.2) is 0 Å². The quantitative estimate of drug-likeness (QED) is 0.855. The standard InChI is InChI=1S/C14H21NO3/c1-11-9-13-14(18-8-7-17-13)10-12(11)3-4-15(2)5-6-16/h9-10,16H,3-8H2,1-2H3. The summed E-state index contributed by atoms with van der Waals surface area (Å²) < 4.78 is 11.1. The molecular formula is C14H21NO3. The van der Waals surface area contributed by atoms with Crippen LogP contribution >= 0.6 is 0 Å². The number of rotatable bonds is 5. The molecule has 1 aromatic carbocycles. The van der Waals surface area contributed by atoms with Crippen molar-refractivity contribution in [2.75, 3.05) is 40.0 Å². The summed E-state index contributed by atoms with van der Waals surface area (Å²) in [6, 6.07) is 4.13. The summed E-state index contributed by atoms with van der Waals surface area (Å²) in [4.78, 5) is 2.12. The summed E-state index contributed by atoms with van der Waals surface area (Å²) in [5.74, 6) is 1.71. The Bertz CT molecular complexity index is 406. The molecule has 0 saturated heterocycles. The SMILES string of the molecule is Cc1cc2c(cc1CCN(C)CCO)OCCO2. The highest BCUT2D eigenvalue weighted by Gasteiger charge is 2.14. The van der Waals surface area contributed by atoms with E-state index in [2.05, 4.69) is 24.0 Å². The fraction of sp³-hybridized carbons (Fsp3) is 0.571. The zero-order valence-corrected chi connectivity index (χ0v) is 11.1. The monoisotopic (exact) mass is 251 g/mol. The Morgan fingerprint density at radius 3 is 2.50 bits per heavy atom. The summed E-state index contributed by atoms with van der Waals surface area (Å²) in [7, 11) is 2.02. The molecule has 0 aromatic heterocycles. The predicted molar refractivity (Wildman–Crippen MR) is 70.5 cm³/mol. The first-order chi connectivity index (χ1) is 8.70. The number of ether oxygens (including phenoxy) is 2. The highest BCUT2D eigenvalue weighted by atomic mass is 16.6. The van der Waals surface area contributed by atoms with Crippen molar-refractivity contribution in [3.05, 3.63) is 23.3 Å². The van der Waals surface area contributed by atoms with Gasteiger partial charge < -0.3 is 19.5 Å². The molecule has 4 nitrogen and oxygen atoms in total. The lowest BCUT2D eigenvalue weighted by atomic mass is 10.0. The molecule has 0 unspecified atom stereocenters. The van der Waals surface area contributed by atoms with E-state index in [1.807, 2.05) is 7.05 Å². The van der Waals surface area contributed by atoms with Crippen LogP contribution in [-0.2, 0) is 6.42 Å². The van der Waals surface area contributed by atoms with Crippen molar-refractivity contribution >= 4 is 0 Å². The fourth-order valence-electron chi connectivity index (χ4n) is 2.10. The Labute approximate surface area is 108 Å². The van der Waals surface area contributed by atoms with Crippen molar-refractivity contribution in [2.24, 2.45) is 0 Å². The largest absolute Gasteiger partial charge is 0.486 e. The van der Waals surface area contributed by atoms with Crippen LogP contribution in [0.5, 0.6) is 11.5 Å². The Kier molecular flexibility index (Phi) is 4.44. The summed E-state index contributed by atoms with van der Waals surface area (Å²) in [5.41, 5.74) is 2.51. The summed E-state index contributed by atoms with van der Waals surface area (Å²) in [6.45, 7) is 5.20. The van der Waals surface area contributed by atoms with E-state index in [1.54, 1.807) is 0 Å². The van der Waals surface area contributed by atoms with E-state index in [0.717, 1.165) is 24.5 Å². The smallest absolute Gasteiger partial charge is 0.161 e. The molecule has 0 spiro atoms. The van der Waals surface area contributed by atoms with E-state index in [4.69, 9.17) is 14.6 Å². The molecule has 0 fully saturated rings. The Balaban J connectivity index is 2.04. The molecule has 2 rings (SSSR count). The van der Waals surface area contributed by atoms with Gasteiger partial charge in [0.05, 0.1) is 6.61 Å². The molecule has 4 heteroatoms. The number of nitrogens with zero attached hydrogens (tertiary/aromatic N) is 1. The molecule has 1 heterocycles. The van der Waals surface area contributed by atoms with Crippen LogP contribution in [0, 0.1) is 6.92 Å². The summed E-state index contributed by atoms with van der Waals surface area (Å²) in [6.07, 6.45) is 0.957. The number of aryl methyl sites for hydroxylation is 1. The van der Waals surface area contributed by atoms with Crippen LogP contribution in [0.2, 0.25) is 0 Å². The molecule has 0 radical (unpaired) electrons. The first kappa shape index (κ1) is 13.2. The van der Waals surface area contributed by atoms with Crippen LogP contribution < -0.4 is 9.47 Å². The molecule has 0 aliphatic carbocycles. The molecule has 1 aliphatic rings. The zero-order valence-electron chi connectivity index (χ0n) is 11.1. The van der Waals surface area contributed by atoms with Gasteiger partial charge in [-0.1, -0.05) is 0 Å². The number of hydrogen-bond donors (Lipinski definition) is 1. The van der Waals surface area contributed by atoms with E-state index in [9.17, 15) is 0 Å². The first-order valence-electron chi connectivity index (χ1n) is 6.39. The molecule has 1 N–H and O–H groups in total. The van der Waals surface area contributed by atoms with Crippen LogP contribution in [-0.4, -0.2) is 50.0 Å².